The maximum absolute atomic E-state index is 14.0. The minimum absolute atomic E-state index is 0.0954. The maximum Gasteiger partial charge on any atom is 0.474 e. The lowest BCUT2D eigenvalue weighted by Gasteiger charge is -2.28. The fraction of sp³-hybridized carbons (Fsp3) is 0.387. The number of carbonyl (C=O) groups is 2. The third kappa shape index (κ3) is 6.98. The molecule has 0 saturated carbocycles. The van der Waals surface area contributed by atoms with Crippen LogP contribution in [0.15, 0.2) is 48.7 Å². The van der Waals surface area contributed by atoms with Gasteiger partial charge in [0.1, 0.15) is 25.0 Å². The Kier molecular flexibility index (Phi) is 9.32. The van der Waals surface area contributed by atoms with Crippen LogP contribution in [0.2, 0.25) is 0 Å². The van der Waals surface area contributed by atoms with Crippen LogP contribution in [0.1, 0.15) is 68.0 Å². The van der Waals surface area contributed by atoms with E-state index < -0.39 is 31.8 Å². The third-order valence-corrected chi connectivity index (χ3v) is 8.61. The number of nitrogens with zero attached hydrogens (tertiary/aromatic N) is 8. The van der Waals surface area contributed by atoms with E-state index in [1.807, 2.05) is 13.0 Å². The lowest BCUT2D eigenvalue weighted by molar-refractivity contribution is -0.126. The number of aryl methyl sites for hydroxylation is 2. The molecule has 0 aliphatic carbocycles. The van der Waals surface area contributed by atoms with Gasteiger partial charge in [-0.05, 0) is 70.2 Å². The van der Waals surface area contributed by atoms with Gasteiger partial charge in [0.05, 0.1) is 27.9 Å². The predicted molar refractivity (Wildman–Crippen MR) is 167 cm³/mol. The summed E-state index contributed by atoms with van der Waals surface area (Å²) in [7, 11) is -4.52. The van der Waals surface area contributed by atoms with Crippen molar-refractivity contribution in [1.82, 2.24) is 34.2 Å². The van der Waals surface area contributed by atoms with Gasteiger partial charge in [0.25, 0.3) is 11.7 Å². The van der Waals surface area contributed by atoms with E-state index in [0.29, 0.717) is 58.6 Å². The van der Waals surface area contributed by atoms with Crippen LogP contribution in [0, 0.1) is 18.3 Å². The van der Waals surface area contributed by atoms with E-state index in [9.17, 15) is 24.3 Å². The minimum Gasteiger partial charge on any atom is -0.335 e. The van der Waals surface area contributed by atoms with Crippen molar-refractivity contribution >= 4 is 36.0 Å². The Morgan fingerprint density at radius 3 is 2.48 bits per heavy atom. The molecule has 0 spiro atoms. The van der Waals surface area contributed by atoms with E-state index in [1.54, 1.807) is 52.2 Å². The average Bonchev–Trinajstić information content (AvgIpc) is 3.63. The second kappa shape index (κ2) is 13.1. The molecular formula is C31H35N8O6P. The highest BCUT2D eigenvalue weighted by Gasteiger charge is 2.33. The zero-order valence-electron chi connectivity index (χ0n) is 26.3. The topological polar surface area (TPSA) is 178 Å². The number of nitriles is 1. The molecule has 4 aromatic heterocycles. The van der Waals surface area contributed by atoms with Crippen molar-refractivity contribution in [2.45, 2.75) is 66.2 Å². The maximum atomic E-state index is 14.0. The van der Waals surface area contributed by atoms with Gasteiger partial charge in [-0.2, -0.15) is 10.4 Å². The monoisotopic (exact) mass is 646 g/mol. The number of carbonyl (C=O) groups excluding carboxylic acids is 2. The summed E-state index contributed by atoms with van der Waals surface area (Å²) in [5.74, 6) is -0.675. The number of ketones is 1. The Morgan fingerprint density at radius 1 is 1.15 bits per heavy atom. The highest BCUT2D eigenvalue weighted by atomic mass is 31.2. The lowest BCUT2D eigenvalue weighted by Crippen LogP contribution is -2.40. The number of phosphoric ester groups is 1. The van der Waals surface area contributed by atoms with E-state index in [0.717, 1.165) is 5.57 Å². The standard InChI is InChI=1S/C31H35N8O6P/c1-6-21-16-34-29(39-18-35-20(2)36-39)27-26(21)24(17-38(27)19-44-46(42,43)45-31(3,4)5)28(40)30(41)37-13-10-22(11-14-37)23(15-32)25-9-7-8-12-33-25/h7-9,12,16-18H,6,10-11,13-14,19H2,1-5H3,(H,42,43). The van der Waals surface area contributed by atoms with Gasteiger partial charge in [0, 0.05) is 37.1 Å². The summed E-state index contributed by atoms with van der Waals surface area (Å²) < 4.78 is 26.2. The van der Waals surface area contributed by atoms with Crippen LogP contribution in [-0.2, 0) is 31.6 Å². The van der Waals surface area contributed by atoms with Crippen molar-refractivity contribution in [3.63, 3.8) is 0 Å². The number of amides is 1. The highest BCUT2D eigenvalue weighted by Crippen LogP contribution is 2.48. The summed E-state index contributed by atoms with van der Waals surface area (Å²) in [6, 6.07) is 7.60. The molecule has 1 saturated heterocycles. The van der Waals surface area contributed by atoms with Crippen LogP contribution in [0.3, 0.4) is 0 Å². The predicted octanol–water partition coefficient (Wildman–Crippen LogP) is 4.55. The van der Waals surface area contributed by atoms with Gasteiger partial charge in [-0.3, -0.25) is 23.6 Å². The molecule has 1 amide bonds. The molecule has 1 atom stereocenters. The number of rotatable bonds is 9. The number of allylic oxidation sites excluding steroid dienone is 1. The molecule has 0 bridgehead atoms. The second-order valence-electron chi connectivity index (χ2n) is 11.8. The number of hydrogen-bond donors (Lipinski definition) is 1. The zero-order valence-corrected chi connectivity index (χ0v) is 27.2. The number of phosphoric acid groups is 1. The van der Waals surface area contributed by atoms with E-state index >= 15 is 0 Å². The summed E-state index contributed by atoms with van der Waals surface area (Å²) in [6.45, 7) is 8.49. The van der Waals surface area contributed by atoms with Crippen molar-refractivity contribution in [2.75, 3.05) is 13.1 Å². The number of pyridine rings is 2. The average molecular weight is 647 g/mol. The summed E-state index contributed by atoms with van der Waals surface area (Å²) in [5.41, 5.74) is 2.12. The van der Waals surface area contributed by atoms with Crippen molar-refractivity contribution in [3.8, 4) is 11.9 Å². The number of aromatic nitrogens is 6. The molecule has 4 aromatic rings. The fourth-order valence-electron chi connectivity index (χ4n) is 5.37. The van der Waals surface area contributed by atoms with Crippen LogP contribution in [0.4, 0.5) is 0 Å². The first kappa shape index (κ1) is 32.8. The third-order valence-electron chi connectivity index (χ3n) is 7.39. The molecule has 14 nitrogen and oxygen atoms in total. The summed E-state index contributed by atoms with van der Waals surface area (Å²) in [4.78, 5) is 52.6. The number of Topliss-reactive ketones (excluding diaryl/α,β-unsaturated/α-hetero) is 1. The summed E-state index contributed by atoms with van der Waals surface area (Å²) in [5, 5.41) is 14.6. The second-order valence-corrected chi connectivity index (χ2v) is 13.2. The lowest BCUT2D eigenvalue weighted by atomic mass is 9.95. The summed E-state index contributed by atoms with van der Waals surface area (Å²) >= 11 is 0. The SMILES string of the molecule is CCc1cnc(-n2cnc(C)n2)c2c1c(C(=O)C(=O)N1CCC(=C(C#N)c3ccccn3)CC1)cn2COP(=O)(O)OC(C)(C)C. The summed E-state index contributed by atoms with van der Waals surface area (Å²) in [6.07, 6.45) is 7.46. The largest absolute Gasteiger partial charge is 0.474 e. The Morgan fingerprint density at radius 2 is 1.89 bits per heavy atom. The van der Waals surface area contributed by atoms with Gasteiger partial charge < -0.3 is 14.4 Å². The molecule has 1 unspecified atom stereocenters. The zero-order chi connectivity index (χ0) is 33.2. The first-order valence-electron chi connectivity index (χ1n) is 14.8. The first-order valence-corrected chi connectivity index (χ1v) is 16.3. The molecule has 1 fully saturated rings. The molecular weight excluding hydrogens is 611 g/mol. The van der Waals surface area contributed by atoms with Gasteiger partial charge in [-0.25, -0.2) is 19.2 Å². The Bertz CT molecular complexity index is 1910. The van der Waals surface area contributed by atoms with Gasteiger partial charge >= 0.3 is 7.82 Å². The molecule has 240 valence electrons. The van der Waals surface area contributed by atoms with E-state index in [4.69, 9.17) is 9.05 Å². The van der Waals surface area contributed by atoms with Crippen molar-refractivity contribution in [3.05, 3.63) is 71.3 Å². The minimum atomic E-state index is -4.52. The molecule has 15 heteroatoms. The van der Waals surface area contributed by atoms with Gasteiger partial charge in [-0.1, -0.05) is 13.0 Å². The molecule has 1 N–H and O–H groups in total. The van der Waals surface area contributed by atoms with Crippen LogP contribution in [0.5, 0.6) is 0 Å². The van der Waals surface area contributed by atoms with Crippen molar-refractivity contribution in [2.24, 2.45) is 0 Å². The first-order chi connectivity index (χ1) is 21.8. The molecule has 0 radical (unpaired) electrons. The van der Waals surface area contributed by atoms with Crippen molar-refractivity contribution in [1.29, 1.82) is 5.26 Å². The molecule has 1 aliphatic heterocycles. The number of fused-ring (bicyclic) bond motifs is 1. The fourth-order valence-corrected chi connectivity index (χ4v) is 6.38. The number of hydrogen-bond acceptors (Lipinski definition) is 10. The van der Waals surface area contributed by atoms with Crippen LogP contribution in [-0.4, -0.2) is 69.5 Å². The Labute approximate surface area is 265 Å². The van der Waals surface area contributed by atoms with E-state index in [2.05, 4.69) is 26.1 Å². The Hall–Kier alpha value is -4.54. The van der Waals surface area contributed by atoms with E-state index in [1.165, 1.54) is 26.7 Å². The molecule has 0 aromatic carbocycles. The van der Waals surface area contributed by atoms with Crippen LogP contribution >= 0.6 is 7.82 Å². The Balaban J connectivity index is 1.51. The number of piperidine rings is 1. The number of likely N-dealkylation sites (tertiary alicyclic amines) is 1. The van der Waals surface area contributed by atoms with Crippen LogP contribution < -0.4 is 0 Å². The normalized spacial score (nSPS) is 15.1. The van der Waals surface area contributed by atoms with Crippen LogP contribution in [0.25, 0.3) is 22.3 Å². The molecule has 5 rings (SSSR count). The van der Waals surface area contributed by atoms with E-state index in [-0.39, 0.29) is 18.7 Å². The smallest absolute Gasteiger partial charge is 0.335 e. The van der Waals surface area contributed by atoms with Crippen molar-refractivity contribution < 1.29 is 28.1 Å². The van der Waals surface area contributed by atoms with Gasteiger partial charge in [0.2, 0.25) is 0 Å². The highest BCUT2D eigenvalue weighted by molar-refractivity contribution is 7.47. The van der Waals surface area contributed by atoms with Gasteiger partial charge in [-0.15, -0.1) is 0 Å². The quantitative estimate of drug-likeness (QED) is 0.117. The molecule has 1 aliphatic rings. The molecule has 46 heavy (non-hydrogen) atoms. The van der Waals surface area contributed by atoms with Gasteiger partial charge in [0.15, 0.2) is 5.82 Å². The molecule has 5 heterocycles.